The van der Waals surface area contributed by atoms with Crippen molar-refractivity contribution in [3.63, 3.8) is 0 Å². The fourth-order valence-electron chi connectivity index (χ4n) is 3.07. The van der Waals surface area contributed by atoms with Crippen LogP contribution in [0.1, 0.15) is 53.3 Å². The second-order valence-electron chi connectivity index (χ2n) is 5.86. The molecule has 0 amide bonds. The van der Waals surface area contributed by atoms with Crippen LogP contribution in [0.4, 0.5) is 13.2 Å². The number of hydrogen-bond donors (Lipinski definition) is 0. The van der Waals surface area contributed by atoms with Gasteiger partial charge in [0.15, 0.2) is 23.2 Å². The fraction of sp³-hybridized carbons (Fsp3) is 0.375. The van der Waals surface area contributed by atoms with Gasteiger partial charge in [-0.3, -0.25) is 4.79 Å². The maximum Gasteiger partial charge on any atom is 0.196 e. The van der Waals surface area contributed by atoms with Gasteiger partial charge in [0.05, 0.1) is 17.0 Å². The molecule has 114 valence electrons. The van der Waals surface area contributed by atoms with Crippen molar-refractivity contribution in [2.24, 2.45) is 0 Å². The van der Waals surface area contributed by atoms with E-state index >= 15 is 0 Å². The Kier molecular flexibility index (Phi) is 2.89. The third-order valence-electron chi connectivity index (χ3n) is 4.31. The van der Waals surface area contributed by atoms with Crippen molar-refractivity contribution in [1.29, 1.82) is 0 Å². The normalized spacial score (nSPS) is 17.7. The summed E-state index contributed by atoms with van der Waals surface area (Å²) in [6.45, 7) is 0. The van der Waals surface area contributed by atoms with Crippen LogP contribution in [0.3, 0.4) is 0 Å². The number of halogens is 3. The number of carbonyl (C=O) groups is 1. The van der Waals surface area contributed by atoms with Gasteiger partial charge in [-0.15, -0.1) is 0 Å². The molecule has 0 spiro atoms. The smallest absolute Gasteiger partial charge is 0.196 e. The number of rotatable bonds is 2. The third-order valence-corrected chi connectivity index (χ3v) is 4.31. The van der Waals surface area contributed by atoms with Gasteiger partial charge in [0.25, 0.3) is 0 Å². The third kappa shape index (κ3) is 1.90. The van der Waals surface area contributed by atoms with Crippen LogP contribution < -0.4 is 0 Å². The predicted molar refractivity (Wildman–Crippen MR) is 72.7 cm³/mol. The molecule has 0 atom stereocenters. The summed E-state index contributed by atoms with van der Waals surface area (Å²) in [5, 5.41) is 4.37. The minimum Gasteiger partial charge on any atom is -0.294 e. The van der Waals surface area contributed by atoms with Gasteiger partial charge in [0, 0.05) is 12.3 Å². The fourth-order valence-corrected chi connectivity index (χ4v) is 3.07. The zero-order chi connectivity index (χ0) is 15.4. The van der Waals surface area contributed by atoms with Gasteiger partial charge in [0.2, 0.25) is 0 Å². The van der Waals surface area contributed by atoms with Crippen molar-refractivity contribution in [1.82, 2.24) is 9.78 Å². The summed E-state index contributed by atoms with van der Waals surface area (Å²) in [5.74, 6) is -3.79. The Hall–Kier alpha value is -2.11. The average Bonchev–Trinajstić information content (AvgIpc) is 3.27. The number of carbonyl (C=O) groups excluding carboxylic acids is 1. The highest BCUT2D eigenvalue weighted by Gasteiger charge is 2.36. The van der Waals surface area contributed by atoms with Gasteiger partial charge in [0.1, 0.15) is 5.69 Å². The molecule has 0 saturated heterocycles. The van der Waals surface area contributed by atoms with Gasteiger partial charge in [-0.05, 0) is 37.8 Å². The molecule has 2 aromatic rings. The quantitative estimate of drug-likeness (QED) is 0.793. The van der Waals surface area contributed by atoms with E-state index < -0.39 is 17.5 Å². The predicted octanol–water partition coefficient (Wildman–Crippen LogP) is 3.69. The lowest BCUT2D eigenvalue weighted by molar-refractivity contribution is 0.0971. The number of Topliss-reactive ketones (excluding diaryl/α,β-unsaturated/α-hetero) is 1. The summed E-state index contributed by atoms with van der Waals surface area (Å²) in [6.07, 6.45) is 3.61. The molecule has 2 aliphatic rings. The first-order chi connectivity index (χ1) is 10.6. The molecule has 0 unspecified atom stereocenters. The summed E-state index contributed by atoms with van der Waals surface area (Å²) in [6, 6.07) is 2.04. The Bertz CT molecular complexity index is 793. The zero-order valence-electron chi connectivity index (χ0n) is 11.7. The van der Waals surface area contributed by atoms with Crippen LogP contribution in [0, 0.1) is 17.5 Å². The first-order valence-corrected chi connectivity index (χ1v) is 7.36. The molecule has 0 aliphatic heterocycles. The van der Waals surface area contributed by atoms with Crippen LogP contribution in [0.15, 0.2) is 12.1 Å². The van der Waals surface area contributed by atoms with Crippen LogP contribution in [-0.2, 0) is 6.42 Å². The zero-order valence-corrected chi connectivity index (χ0v) is 11.7. The second kappa shape index (κ2) is 4.69. The van der Waals surface area contributed by atoms with E-state index in [9.17, 15) is 18.0 Å². The number of benzene rings is 1. The molecule has 4 rings (SSSR count). The number of ketones is 1. The van der Waals surface area contributed by atoms with Crippen molar-refractivity contribution in [2.45, 2.75) is 38.0 Å². The Labute approximate surface area is 124 Å². The van der Waals surface area contributed by atoms with Crippen molar-refractivity contribution in [2.75, 3.05) is 0 Å². The Morgan fingerprint density at radius 1 is 1.09 bits per heavy atom. The molecule has 1 fully saturated rings. The molecular weight excluding hydrogens is 293 g/mol. The van der Waals surface area contributed by atoms with E-state index in [1.165, 1.54) is 4.68 Å². The van der Waals surface area contributed by atoms with Crippen molar-refractivity contribution >= 4 is 5.78 Å². The Balaban J connectivity index is 1.95. The molecule has 0 radical (unpaired) electrons. The number of hydrogen-bond acceptors (Lipinski definition) is 2. The van der Waals surface area contributed by atoms with Crippen molar-refractivity contribution < 1.29 is 18.0 Å². The Morgan fingerprint density at radius 3 is 2.59 bits per heavy atom. The SMILES string of the molecule is O=C1CCCc2c1c(C1CC1)nn2-c1ccc(F)c(F)c1F. The van der Waals surface area contributed by atoms with Gasteiger partial charge in [-0.1, -0.05) is 0 Å². The molecular formula is C16H13F3N2O. The molecule has 1 aromatic heterocycles. The van der Waals surface area contributed by atoms with Crippen LogP contribution in [0.25, 0.3) is 5.69 Å². The van der Waals surface area contributed by atoms with E-state index in [1.54, 1.807) is 0 Å². The van der Waals surface area contributed by atoms with E-state index in [4.69, 9.17) is 0 Å². The highest BCUT2D eigenvalue weighted by Crippen LogP contribution is 2.43. The van der Waals surface area contributed by atoms with Crippen LogP contribution in [0.5, 0.6) is 0 Å². The van der Waals surface area contributed by atoms with Crippen LogP contribution in [0.2, 0.25) is 0 Å². The molecule has 22 heavy (non-hydrogen) atoms. The van der Waals surface area contributed by atoms with E-state index in [0.29, 0.717) is 36.2 Å². The van der Waals surface area contributed by atoms with Gasteiger partial charge in [-0.2, -0.15) is 5.10 Å². The standard InChI is InChI=1S/C16H13F3N2O/c17-9-6-7-11(15(19)14(9)18)21-10-2-1-3-12(22)13(10)16(20-21)8-4-5-8/h6-8H,1-5H2. The van der Waals surface area contributed by atoms with Crippen molar-refractivity contribution in [3.8, 4) is 5.69 Å². The number of aromatic nitrogens is 2. The molecule has 6 heteroatoms. The molecule has 0 bridgehead atoms. The first-order valence-electron chi connectivity index (χ1n) is 7.36. The van der Waals surface area contributed by atoms with E-state index in [2.05, 4.69) is 5.10 Å². The molecule has 1 aromatic carbocycles. The van der Waals surface area contributed by atoms with E-state index in [1.807, 2.05) is 0 Å². The van der Waals surface area contributed by atoms with Gasteiger partial charge >= 0.3 is 0 Å². The minimum absolute atomic E-state index is 0.0115. The van der Waals surface area contributed by atoms with E-state index in [0.717, 1.165) is 25.0 Å². The average molecular weight is 306 g/mol. The van der Waals surface area contributed by atoms with Gasteiger partial charge < -0.3 is 0 Å². The summed E-state index contributed by atoms with van der Waals surface area (Å²) in [4.78, 5) is 12.2. The number of fused-ring (bicyclic) bond motifs is 1. The first kappa shape index (κ1) is 13.5. The topological polar surface area (TPSA) is 34.9 Å². The van der Waals surface area contributed by atoms with Crippen molar-refractivity contribution in [3.05, 3.63) is 46.5 Å². The van der Waals surface area contributed by atoms with E-state index in [-0.39, 0.29) is 17.4 Å². The Morgan fingerprint density at radius 2 is 1.86 bits per heavy atom. The number of nitrogens with zero attached hydrogens (tertiary/aromatic N) is 2. The molecule has 3 nitrogen and oxygen atoms in total. The maximum atomic E-state index is 14.1. The van der Waals surface area contributed by atoms with Crippen LogP contribution >= 0.6 is 0 Å². The molecule has 1 saturated carbocycles. The highest BCUT2D eigenvalue weighted by molar-refractivity contribution is 5.99. The second-order valence-corrected chi connectivity index (χ2v) is 5.86. The minimum atomic E-state index is -1.52. The molecule has 0 N–H and O–H groups in total. The summed E-state index contributed by atoms with van der Waals surface area (Å²) in [5.41, 5.74) is 1.72. The maximum absolute atomic E-state index is 14.1. The summed E-state index contributed by atoms with van der Waals surface area (Å²) < 4.78 is 42.0. The molecule has 1 heterocycles. The van der Waals surface area contributed by atoms with Crippen LogP contribution in [-0.4, -0.2) is 15.6 Å². The highest BCUT2D eigenvalue weighted by atomic mass is 19.2. The summed E-state index contributed by atoms with van der Waals surface area (Å²) in [7, 11) is 0. The summed E-state index contributed by atoms with van der Waals surface area (Å²) >= 11 is 0. The lowest BCUT2D eigenvalue weighted by Crippen LogP contribution is -2.14. The monoisotopic (exact) mass is 306 g/mol. The lowest BCUT2D eigenvalue weighted by atomic mass is 9.93. The molecule has 2 aliphatic carbocycles. The largest absolute Gasteiger partial charge is 0.294 e. The lowest BCUT2D eigenvalue weighted by Gasteiger charge is -2.14. The van der Waals surface area contributed by atoms with Gasteiger partial charge in [-0.25, -0.2) is 17.9 Å².